The average Bonchev–Trinajstić information content (AvgIpc) is 3.04. The molecule has 29 heavy (non-hydrogen) atoms. The molecule has 0 N–H and O–H groups in total. The number of amidine groups is 1. The second kappa shape index (κ2) is 7.64. The smallest absolute Gasteiger partial charge is 0.253 e. The average molecular weight is 385 g/mol. The maximum Gasteiger partial charge on any atom is 0.253 e. The van der Waals surface area contributed by atoms with E-state index in [4.69, 9.17) is 19.8 Å². The van der Waals surface area contributed by atoms with Gasteiger partial charge in [0.25, 0.3) is 5.95 Å². The molecule has 0 atom stereocenters. The lowest BCUT2D eigenvalue weighted by Gasteiger charge is -2.29. The van der Waals surface area contributed by atoms with Gasteiger partial charge in [-0.2, -0.15) is 14.8 Å². The fraction of sp³-hybridized carbons (Fsp3) is 0.261. The number of ether oxygens (including phenoxy) is 1. The molecule has 3 heterocycles. The topological polar surface area (TPSA) is 55.0 Å². The van der Waals surface area contributed by atoms with Crippen molar-refractivity contribution in [2.24, 2.45) is 10.1 Å². The number of hydrogen-bond acceptors (Lipinski definition) is 5. The molecule has 2 aromatic carbocycles. The Bertz CT molecular complexity index is 1060. The van der Waals surface area contributed by atoms with Crippen LogP contribution >= 0.6 is 0 Å². The van der Waals surface area contributed by atoms with E-state index in [2.05, 4.69) is 36.1 Å². The first-order chi connectivity index (χ1) is 14.3. The maximum atomic E-state index is 5.51. The van der Waals surface area contributed by atoms with Crippen molar-refractivity contribution in [1.82, 2.24) is 14.6 Å². The van der Waals surface area contributed by atoms with Gasteiger partial charge >= 0.3 is 0 Å². The molecule has 1 saturated heterocycles. The highest BCUT2D eigenvalue weighted by atomic mass is 16.5. The van der Waals surface area contributed by atoms with Crippen molar-refractivity contribution >= 4 is 17.5 Å². The third-order valence-electron chi connectivity index (χ3n) is 5.22. The summed E-state index contributed by atoms with van der Waals surface area (Å²) in [4.78, 5) is 12.2. The predicted molar refractivity (Wildman–Crippen MR) is 116 cm³/mol. The normalized spacial score (nSPS) is 16.7. The zero-order valence-electron chi connectivity index (χ0n) is 16.5. The van der Waals surface area contributed by atoms with Gasteiger partial charge in [-0.25, -0.2) is 4.98 Å². The number of nitrogens with zero attached hydrogens (tertiary/aromatic N) is 5. The van der Waals surface area contributed by atoms with Gasteiger partial charge in [-0.05, 0) is 6.92 Å². The van der Waals surface area contributed by atoms with Crippen molar-refractivity contribution in [2.45, 2.75) is 13.3 Å². The molecule has 2 aliphatic rings. The van der Waals surface area contributed by atoms with Gasteiger partial charge in [-0.1, -0.05) is 60.7 Å². The number of aliphatic imine (C=N–C) groups is 1. The lowest BCUT2D eigenvalue weighted by Crippen LogP contribution is -2.41. The molecule has 1 fully saturated rings. The van der Waals surface area contributed by atoms with Crippen LogP contribution in [0, 0.1) is 0 Å². The number of aromatic nitrogens is 2. The molecule has 0 bridgehead atoms. The molecular weight excluding hydrogens is 362 g/mol. The quantitative estimate of drug-likeness (QED) is 0.664. The third kappa shape index (κ3) is 3.47. The lowest BCUT2D eigenvalue weighted by atomic mass is 10.1. The maximum absolute atomic E-state index is 5.51. The van der Waals surface area contributed by atoms with Crippen molar-refractivity contribution in [3.8, 4) is 22.5 Å². The first-order valence-corrected chi connectivity index (χ1v) is 9.98. The highest BCUT2D eigenvalue weighted by Crippen LogP contribution is 2.36. The van der Waals surface area contributed by atoms with Crippen LogP contribution in [-0.4, -0.2) is 52.4 Å². The highest BCUT2D eigenvalue weighted by Gasteiger charge is 2.25. The van der Waals surface area contributed by atoms with Crippen LogP contribution in [0.15, 0.2) is 70.8 Å². The molecule has 0 spiro atoms. The molecular formula is C23H23N5O. The largest absolute Gasteiger partial charge is 0.378 e. The minimum absolute atomic E-state index is 0.626. The van der Waals surface area contributed by atoms with Gasteiger partial charge in [0.2, 0.25) is 0 Å². The van der Waals surface area contributed by atoms with Gasteiger partial charge < -0.3 is 9.64 Å². The van der Waals surface area contributed by atoms with Crippen molar-refractivity contribution < 1.29 is 4.74 Å². The summed E-state index contributed by atoms with van der Waals surface area (Å²) in [5, 5.41) is 4.91. The van der Waals surface area contributed by atoms with Gasteiger partial charge in [0.1, 0.15) is 17.2 Å². The van der Waals surface area contributed by atoms with E-state index in [-0.39, 0.29) is 0 Å². The Morgan fingerprint density at radius 2 is 1.52 bits per heavy atom. The van der Waals surface area contributed by atoms with Crippen molar-refractivity contribution in [1.29, 1.82) is 0 Å². The fourth-order valence-corrected chi connectivity index (χ4v) is 3.81. The van der Waals surface area contributed by atoms with E-state index in [1.807, 2.05) is 41.1 Å². The van der Waals surface area contributed by atoms with Crippen LogP contribution in [-0.2, 0) is 4.74 Å². The zero-order chi connectivity index (χ0) is 19.6. The van der Waals surface area contributed by atoms with Crippen LogP contribution in [0.2, 0.25) is 0 Å². The highest BCUT2D eigenvalue weighted by molar-refractivity contribution is 6.04. The molecule has 6 heteroatoms. The molecule has 3 aromatic rings. The molecule has 0 saturated carbocycles. The zero-order valence-corrected chi connectivity index (χ0v) is 16.5. The Hall–Kier alpha value is -3.25. The Morgan fingerprint density at radius 3 is 2.21 bits per heavy atom. The van der Waals surface area contributed by atoms with Crippen LogP contribution in [0.1, 0.15) is 13.3 Å². The van der Waals surface area contributed by atoms with Crippen LogP contribution < -0.4 is 0 Å². The summed E-state index contributed by atoms with van der Waals surface area (Å²) in [6, 6.07) is 20.5. The van der Waals surface area contributed by atoms with Crippen molar-refractivity contribution in [3.63, 3.8) is 0 Å². The van der Waals surface area contributed by atoms with E-state index in [1.165, 1.54) is 0 Å². The molecule has 1 aromatic heterocycles. The molecule has 5 rings (SSSR count). The first-order valence-electron chi connectivity index (χ1n) is 9.98. The van der Waals surface area contributed by atoms with Crippen LogP contribution in [0.25, 0.3) is 22.5 Å². The minimum Gasteiger partial charge on any atom is -0.378 e. The molecule has 0 unspecified atom stereocenters. The molecule has 0 radical (unpaired) electrons. The number of benzene rings is 2. The summed E-state index contributed by atoms with van der Waals surface area (Å²) >= 11 is 0. The van der Waals surface area contributed by atoms with E-state index in [0.717, 1.165) is 66.8 Å². The summed E-state index contributed by atoms with van der Waals surface area (Å²) in [7, 11) is 0. The number of imidazole rings is 1. The summed E-state index contributed by atoms with van der Waals surface area (Å²) in [5.74, 6) is 1.64. The Labute approximate surface area is 170 Å². The van der Waals surface area contributed by atoms with E-state index < -0.39 is 0 Å². The minimum atomic E-state index is 0.626. The molecule has 0 amide bonds. The predicted octanol–water partition coefficient (Wildman–Crippen LogP) is 4.21. The molecule has 0 aliphatic carbocycles. The van der Waals surface area contributed by atoms with Gasteiger partial charge in [0, 0.05) is 36.3 Å². The summed E-state index contributed by atoms with van der Waals surface area (Å²) in [5.41, 5.74) is 5.02. The van der Waals surface area contributed by atoms with Crippen molar-refractivity contribution in [3.05, 3.63) is 60.7 Å². The fourth-order valence-electron chi connectivity index (χ4n) is 3.81. The van der Waals surface area contributed by atoms with Gasteiger partial charge in [0.05, 0.1) is 13.2 Å². The van der Waals surface area contributed by atoms with Crippen LogP contribution in [0.3, 0.4) is 0 Å². The lowest BCUT2D eigenvalue weighted by molar-refractivity contribution is 0.0676. The van der Waals surface area contributed by atoms with Crippen LogP contribution in [0.5, 0.6) is 0 Å². The van der Waals surface area contributed by atoms with Gasteiger partial charge in [-0.15, -0.1) is 0 Å². The van der Waals surface area contributed by atoms with E-state index in [0.29, 0.717) is 5.95 Å². The molecule has 146 valence electrons. The standard InChI is InChI=1S/C23H23N5O/c1-17-16-20(27-12-14-29-15-13-27)24-23-25-21(18-8-4-2-5-9-18)22(28(23)26-17)19-10-6-3-7-11-19/h2-11H,12-16H2,1H3. The molecule has 2 aliphatic heterocycles. The van der Waals surface area contributed by atoms with Crippen LogP contribution in [0.4, 0.5) is 5.95 Å². The monoisotopic (exact) mass is 385 g/mol. The number of fused-ring (bicyclic) bond motifs is 1. The first kappa shape index (κ1) is 17.8. The van der Waals surface area contributed by atoms with Crippen molar-refractivity contribution in [2.75, 3.05) is 26.3 Å². The number of hydrogen-bond donors (Lipinski definition) is 0. The second-order valence-corrected chi connectivity index (χ2v) is 7.29. The Balaban J connectivity index is 1.71. The van der Waals surface area contributed by atoms with E-state index >= 15 is 0 Å². The summed E-state index contributed by atoms with van der Waals surface area (Å²) in [6.07, 6.45) is 0.720. The number of morpholine rings is 1. The summed E-state index contributed by atoms with van der Waals surface area (Å²) in [6.45, 7) is 5.22. The Kier molecular flexibility index (Phi) is 4.69. The summed E-state index contributed by atoms with van der Waals surface area (Å²) < 4.78 is 7.41. The Morgan fingerprint density at radius 1 is 0.862 bits per heavy atom. The molecule has 6 nitrogen and oxygen atoms in total. The third-order valence-corrected chi connectivity index (χ3v) is 5.22. The van der Waals surface area contributed by atoms with E-state index in [1.54, 1.807) is 0 Å². The second-order valence-electron chi connectivity index (χ2n) is 7.29. The van der Waals surface area contributed by atoms with E-state index in [9.17, 15) is 0 Å². The number of rotatable bonds is 2. The van der Waals surface area contributed by atoms with Gasteiger partial charge in [-0.3, -0.25) is 0 Å². The van der Waals surface area contributed by atoms with Gasteiger partial charge in [0.15, 0.2) is 0 Å². The SMILES string of the molecule is CC1=Nn2c(nc(-c3ccccc3)c2-c2ccccc2)N=C(N2CCOCC2)C1.